The normalized spacial score (nSPS) is 15.6. The molecule has 1 aromatic rings. The third kappa shape index (κ3) is 6.29. The Kier molecular flexibility index (Phi) is 6.28. The summed E-state index contributed by atoms with van der Waals surface area (Å²) in [5, 5.41) is 6.35. The number of amides is 2. The van der Waals surface area contributed by atoms with Gasteiger partial charge in [-0.25, -0.2) is 4.79 Å². The highest BCUT2D eigenvalue weighted by Gasteiger charge is 2.26. The second-order valence-electron chi connectivity index (χ2n) is 7.37. The van der Waals surface area contributed by atoms with Crippen molar-refractivity contribution in [3.8, 4) is 0 Å². The van der Waals surface area contributed by atoms with Gasteiger partial charge in [0.15, 0.2) is 0 Å². The van der Waals surface area contributed by atoms with Gasteiger partial charge >= 0.3 is 6.09 Å². The average Bonchev–Trinajstić information content (AvgIpc) is 2.54. The molecule has 1 aliphatic rings. The molecule has 1 fully saturated rings. The number of nitrogens with one attached hydrogen (secondary N) is 2. The summed E-state index contributed by atoms with van der Waals surface area (Å²) in [6.45, 7) is 8.82. The van der Waals surface area contributed by atoms with Gasteiger partial charge in [0, 0.05) is 36.9 Å². The molecule has 25 heavy (non-hydrogen) atoms. The molecule has 138 valence electrons. The fourth-order valence-electron chi connectivity index (χ4n) is 2.70. The molecule has 6 nitrogen and oxygen atoms in total. The molecule has 0 aliphatic carbocycles. The molecular formula is C19H29N3O3. The van der Waals surface area contributed by atoms with Gasteiger partial charge in [-0.3, -0.25) is 4.79 Å². The van der Waals surface area contributed by atoms with E-state index in [4.69, 9.17) is 4.74 Å². The first kappa shape index (κ1) is 19.1. The summed E-state index contributed by atoms with van der Waals surface area (Å²) in [6.07, 6.45) is 1.95. The first-order valence-electron chi connectivity index (χ1n) is 8.91. The van der Waals surface area contributed by atoms with Crippen molar-refractivity contribution in [2.75, 3.05) is 23.7 Å². The van der Waals surface area contributed by atoms with Crippen LogP contribution in [0.3, 0.4) is 0 Å². The van der Waals surface area contributed by atoms with Crippen LogP contribution < -0.4 is 10.6 Å². The van der Waals surface area contributed by atoms with Crippen LogP contribution in [-0.2, 0) is 9.53 Å². The van der Waals surface area contributed by atoms with E-state index in [9.17, 15) is 9.59 Å². The molecule has 1 aliphatic heterocycles. The molecule has 0 radical (unpaired) electrons. The Morgan fingerprint density at radius 2 is 1.84 bits per heavy atom. The third-order valence-electron chi connectivity index (χ3n) is 3.98. The van der Waals surface area contributed by atoms with Gasteiger partial charge in [0.05, 0.1) is 0 Å². The summed E-state index contributed by atoms with van der Waals surface area (Å²) in [5.41, 5.74) is 1.31. The zero-order valence-corrected chi connectivity index (χ0v) is 15.6. The standard InChI is InChI=1S/C19H29N3O3/c1-5-17(23)21-16-8-6-7-15(13-16)20-14-9-11-22(12-10-14)18(24)25-19(2,3)4/h6-8,13-14,20H,5,9-12H2,1-4H3,(H,21,23). The van der Waals surface area contributed by atoms with Gasteiger partial charge in [0.25, 0.3) is 0 Å². The van der Waals surface area contributed by atoms with E-state index in [0.29, 0.717) is 25.6 Å². The van der Waals surface area contributed by atoms with Crippen LogP contribution in [0.15, 0.2) is 24.3 Å². The lowest BCUT2D eigenvalue weighted by molar-refractivity contribution is -0.115. The molecule has 0 atom stereocenters. The van der Waals surface area contributed by atoms with Gasteiger partial charge in [-0.1, -0.05) is 13.0 Å². The topological polar surface area (TPSA) is 70.7 Å². The first-order valence-corrected chi connectivity index (χ1v) is 8.91. The van der Waals surface area contributed by atoms with Crippen molar-refractivity contribution in [3.63, 3.8) is 0 Å². The van der Waals surface area contributed by atoms with E-state index in [1.165, 1.54) is 0 Å². The molecule has 1 aromatic carbocycles. The minimum absolute atomic E-state index is 0.00261. The fraction of sp³-hybridized carbons (Fsp3) is 0.579. The van der Waals surface area contributed by atoms with Crippen LogP contribution in [0.4, 0.5) is 16.2 Å². The van der Waals surface area contributed by atoms with Crippen molar-refractivity contribution in [1.82, 2.24) is 4.90 Å². The van der Waals surface area contributed by atoms with E-state index >= 15 is 0 Å². The van der Waals surface area contributed by atoms with Gasteiger partial charge in [-0.2, -0.15) is 0 Å². The Morgan fingerprint density at radius 3 is 2.44 bits per heavy atom. The molecule has 1 heterocycles. The summed E-state index contributed by atoms with van der Waals surface area (Å²) in [4.78, 5) is 25.4. The maximum atomic E-state index is 12.1. The van der Waals surface area contributed by atoms with E-state index in [1.54, 1.807) is 4.90 Å². The largest absolute Gasteiger partial charge is 0.444 e. The maximum Gasteiger partial charge on any atom is 0.410 e. The predicted molar refractivity (Wildman–Crippen MR) is 99.8 cm³/mol. The zero-order chi connectivity index (χ0) is 18.4. The number of carbonyl (C=O) groups is 2. The van der Waals surface area contributed by atoms with Crippen molar-refractivity contribution in [2.24, 2.45) is 0 Å². The third-order valence-corrected chi connectivity index (χ3v) is 3.98. The number of hydrogen-bond donors (Lipinski definition) is 2. The monoisotopic (exact) mass is 347 g/mol. The average molecular weight is 347 g/mol. The van der Waals surface area contributed by atoms with Crippen molar-refractivity contribution >= 4 is 23.4 Å². The number of anilines is 2. The Bertz CT molecular complexity index is 602. The van der Waals surface area contributed by atoms with Crippen molar-refractivity contribution < 1.29 is 14.3 Å². The Morgan fingerprint density at radius 1 is 1.20 bits per heavy atom. The van der Waals surface area contributed by atoms with Crippen LogP contribution in [-0.4, -0.2) is 41.6 Å². The second kappa shape index (κ2) is 8.23. The van der Waals surface area contributed by atoms with Crippen molar-refractivity contribution in [1.29, 1.82) is 0 Å². The molecule has 0 aromatic heterocycles. The van der Waals surface area contributed by atoms with E-state index in [0.717, 1.165) is 24.2 Å². The molecule has 0 unspecified atom stereocenters. The second-order valence-corrected chi connectivity index (χ2v) is 7.37. The van der Waals surface area contributed by atoms with Gasteiger partial charge in [0.1, 0.15) is 5.60 Å². The highest BCUT2D eigenvalue weighted by Crippen LogP contribution is 2.21. The van der Waals surface area contributed by atoms with E-state index in [1.807, 2.05) is 52.0 Å². The molecule has 0 saturated carbocycles. The molecule has 0 bridgehead atoms. The Labute approximate surface area is 149 Å². The SMILES string of the molecule is CCC(=O)Nc1cccc(NC2CCN(C(=O)OC(C)(C)C)CC2)c1. The Hall–Kier alpha value is -2.24. The van der Waals surface area contributed by atoms with Crippen molar-refractivity contribution in [2.45, 2.75) is 58.6 Å². The lowest BCUT2D eigenvalue weighted by Gasteiger charge is -2.34. The van der Waals surface area contributed by atoms with Crippen LogP contribution in [0.5, 0.6) is 0 Å². The van der Waals surface area contributed by atoms with Crippen molar-refractivity contribution in [3.05, 3.63) is 24.3 Å². The Balaban J connectivity index is 1.85. The zero-order valence-electron chi connectivity index (χ0n) is 15.6. The summed E-state index contributed by atoms with van der Waals surface area (Å²) < 4.78 is 5.42. The highest BCUT2D eigenvalue weighted by molar-refractivity contribution is 5.90. The summed E-state index contributed by atoms with van der Waals surface area (Å²) >= 11 is 0. The van der Waals surface area contributed by atoms with E-state index in [-0.39, 0.29) is 12.0 Å². The van der Waals surface area contributed by atoms with Crippen LogP contribution >= 0.6 is 0 Å². The quantitative estimate of drug-likeness (QED) is 0.868. The van der Waals surface area contributed by atoms with Gasteiger partial charge in [-0.05, 0) is 51.8 Å². The molecule has 2 N–H and O–H groups in total. The molecule has 1 saturated heterocycles. The lowest BCUT2D eigenvalue weighted by atomic mass is 10.0. The number of piperidine rings is 1. The number of hydrogen-bond acceptors (Lipinski definition) is 4. The maximum absolute atomic E-state index is 12.1. The smallest absolute Gasteiger partial charge is 0.410 e. The molecule has 2 rings (SSSR count). The number of likely N-dealkylation sites (tertiary alicyclic amines) is 1. The van der Waals surface area contributed by atoms with Crippen LogP contribution in [0, 0.1) is 0 Å². The van der Waals surface area contributed by atoms with Crippen LogP contribution in [0.1, 0.15) is 47.0 Å². The number of benzene rings is 1. The highest BCUT2D eigenvalue weighted by atomic mass is 16.6. The lowest BCUT2D eigenvalue weighted by Crippen LogP contribution is -2.44. The first-order chi connectivity index (χ1) is 11.8. The molecule has 6 heteroatoms. The van der Waals surface area contributed by atoms with Crippen LogP contribution in [0.2, 0.25) is 0 Å². The summed E-state index contributed by atoms with van der Waals surface area (Å²) in [7, 11) is 0. The fourth-order valence-corrected chi connectivity index (χ4v) is 2.70. The predicted octanol–water partition coefficient (Wildman–Crippen LogP) is 3.85. The summed E-state index contributed by atoms with van der Waals surface area (Å²) in [6, 6.07) is 8.03. The molecular weight excluding hydrogens is 318 g/mol. The number of rotatable bonds is 4. The summed E-state index contributed by atoms with van der Waals surface area (Å²) in [5.74, 6) is 0.00261. The number of nitrogens with zero attached hydrogens (tertiary/aromatic N) is 1. The van der Waals surface area contributed by atoms with Gasteiger partial charge < -0.3 is 20.3 Å². The van der Waals surface area contributed by atoms with E-state index in [2.05, 4.69) is 10.6 Å². The van der Waals surface area contributed by atoms with Gasteiger partial charge in [-0.15, -0.1) is 0 Å². The number of ether oxygens (including phenoxy) is 1. The van der Waals surface area contributed by atoms with Gasteiger partial charge in [0.2, 0.25) is 5.91 Å². The minimum atomic E-state index is -0.463. The molecule has 0 spiro atoms. The van der Waals surface area contributed by atoms with Crippen LogP contribution in [0.25, 0.3) is 0 Å². The van der Waals surface area contributed by atoms with E-state index < -0.39 is 5.60 Å². The molecule has 2 amide bonds. The number of carbonyl (C=O) groups excluding carboxylic acids is 2. The minimum Gasteiger partial charge on any atom is -0.444 e.